The van der Waals surface area contributed by atoms with Gasteiger partial charge in [0.05, 0.1) is 10.6 Å². The summed E-state index contributed by atoms with van der Waals surface area (Å²) in [4.78, 5) is 18.3. The lowest BCUT2D eigenvalue weighted by Crippen LogP contribution is -2.44. The van der Waals surface area contributed by atoms with Crippen molar-refractivity contribution in [3.8, 4) is 0 Å². The van der Waals surface area contributed by atoms with Gasteiger partial charge in [-0.1, -0.05) is 12.2 Å². The summed E-state index contributed by atoms with van der Waals surface area (Å²) in [5, 5.41) is 1.56. The van der Waals surface area contributed by atoms with Gasteiger partial charge >= 0.3 is 0 Å². The Morgan fingerprint density at radius 1 is 1.42 bits per heavy atom. The van der Waals surface area contributed by atoms with Crippen molar-refractivity contribution >= 4 is 12.2 Å². The van der Waals surface area contributed by atoms with Crippen LogP contribution in [0.15, 0.2) is 4.79 Å². The second-order valence-corrected chi connectivity index (χ2v) is 2.94. The van der Waals surface area contributed by atoms with Crippen molar-refractivity contribution < 1.29 is 0 Å². The molecule has 1 aromatic heterocycles. The standard InChI is InChI=1S/C9H10N2O/c1-6-10-8-5-3-2-4-7(8)9(12)11-6/h4-5H,2-3H2,1H3,(H,10,11,12). The topological polar surface area (TPSA) is 45.8 Å². The van der Waals surface area contributed by atoms with Crippen LogP contribution in [0.25, 0.3) is 12.2 Å². The number of hydrogen-bond acceptors (Lipinski definition) is 2. The molecule has 0 atom stereocenters. The van der Waals surface area contributed by atoms with Crippen molar-refractivity contribution in [3.63, 3.8) is 0 Å². The van der Waals surface area contributed by atoms with Crippen LogP contribution >= 0.6 is 0 Å². The lowest BCUT2D eigenvalue weighted by molar-refractivity contribution is 0.948. The van der Waals surface area contributed by atoms with Gasteiger partial charge in [0.1, 0.15) is 5.82 Å². The SMILES string of the molecule is Cc1nc2c(c(=O)[nH]1)=CCCC=2. The Morgan fingerprint density at radius 3 is 3.00 bits per heavy atom. The van der Waals surface area contributed by atoms with E-state index >= 15 is 0 Å². The van der Waals surface area contributed by atoms with E-state index in [4.69, 9.17) is 0 Å². The average Bonchev–Trinajstić information content (AvgIpc) is 2.04. The maximum atomic E-state index is 11.3. The fourth-order valence-corrected chi connectivity index (χ4v) is 1.42. The molecular formula is C9H10N2O. The van der Waals surface area contributed by atoms with E-state index in [9.17, 15) is 4.79 Å². The summed E-state index contributed by atoms with van der Waals surface area (Å²) in [6.45, 7) is 1.80. The van der Waals surface area contributed by atoms with Crippen molar-refractivity contribution in [2.45, 2.75) is 19.8 Å². The molecule has 0 amide bonds. The van der Waals surface area contributed by atoms with E-state index in [0.29, 0.717) is 5.82 Å². The molecule has 62 valence electrons. The van der Waals surface area contributed by atoms with Gasteiger partial charge in [-0.05, 0) is 19.8 Å². The van der Waals surface area contributed by atoms with Crippen LogP contribution in [-0.4, -0.2) is 9.97 Å². The first-order chi connectivity index (χ1) is 5.77. The highest BCUT2D eigenvalue weighted by Crippen LogP contribution is 1.92. The normalized spacial score (nSPS) is 14.4. The van der Waals surface area contributed by atoms with Gasteiger partial charge in [0.15, 0.2) is 0 Å². The predicted molar refractivity (Wildman–Crippen MR) is 47.0 cm³/mol. The molecule has 0 bridgehead atoms. The molecule has 1 heterocycles. The van der Waals surface area contributed by atoms with E-state index in [1.165, 1.54) is 0 Å². The Balaban J connectivity index is 2.97. The zero-order chi connectivity index (χ0) is 8.55. The highest BCUT2D eigenvalue weighted by Gasteiger charge is 1.98. The molecule has 1 N–H and O–H groups in total. The Bertz CT molecular complexity index is 470. The van der Waals surface area contributed by atoms with Crippen LogP contribution in [0.3, 0.4) is 0 Å². The molecule has 1 aromatic rings. The maximum absolute atomic E-state index is 11.3. The molecule has 2 rings (SSSR count). The lowest BCUT2D eigenvalue weighted by atomic mass is 10.1. The van der Waals surface area contributed by atoms with Crippen LogP contribution in [0.2, 0.25) is 0 Å². The van der Waals surface area contributed by atoms with Gasteiger partial charge in [0.25, 0.3) is 5.56 Å². The number of nitrogens with zero attached hydrogens (tertiary/aromatic N) is 1. The quantitative estimate of drug-likeness (QED) is 0.555. The summed E-state index contributed by atoms with van der Waals surface area (Å²) in [7, 11) is 0. The summed E-state index contributed by atoms with van der Waals surface area (Å²) >= 11 is 0. The molecule has 12 heavy (non-hydrogen) atoms. The molecule has 0 radical (unpaired) electrons. The van der Waals surface area contributed by atoms with Crippen molar-refractivity contribution in [2.75, 3.05) is 0 Å². The van der Waals surface area contributed by atoms with Crippen LogP contribution < -0.4 is 16.1 Å². The summed E-state index contributed by atoms with van der Waals surface area (Å²) in [5.74, 6) is 0.685. The van der Waals surface area contributed by atoms with Crippen LogP contribution in [0.4, 0.5) is 0 Å². The van der Waals surface area contributed by atoms with Gasteiger partial charge in [-0.15, -0.1) is 0 Å². The number of nitrogens with one attached hydrogen (secondary N) is 1. The fourth-order valence-electron chi connectivity index (χ4n) is 1.42. The smallest absolute Gasteiger partial charge is 0.258 e. The third-order valence-corrected chi connectivity index (χ3v) is 1.96. The monoisotopic (exact) mass is 162 g/mol. The first kappa shape index (κ1) is 7.28. The van der Waals surface area contributed by atoms with Crippen LogP contribution in [0, 0.1) is 6.92 Å². The van der Waals surface area contributed by atoms with Crippen LogP contribution in [0.1, 0.15) is 18.7 Å². The fraction of sp³-hybridized carbons (Fsp3) is 0.333. The molecule has 0 unspecified atom stereocenters. The molecule has 3 heteroatoms. The number of fused-ring (bicyclic) bond motifs is 1. The number of aromatic nitrogens is 2. The molecule has 1 aliphatic carbocycles. The van der Waals surface area contributed by atoms with Gasteiger partial charge in [-0.2, -0.15) is 0 Å². The molecule has 0 saturated heterocycles. The average molecular weight is 162 g/mol. The summed E-state index contributed by atoms with van der Waals surface area (Å²) in [6.07, 6.45) is 5.89. The van der Waals surface area contributed by atoms with E-state index in [1.807, 2.05) is 12.2 Å². The Kier molecular flexibility index (Phi) is 1.57. The largest absolute Gasteiger partial charge is 0.310 e. The number of aryl methyl sites for hydroxylation is 1. The van der Waals surface area contributed by atoms with Crippen molar-refractivity contribution in [1.29, 1.82) is 0 Å². The third kappa shape index (κ3) is 1.07. The Hall–Kier alpha value is -1.38. The molecule has 0 saturated carbocycles. The van der Waals surface area contributed by atoms with E-state index in [0.717, 1.165) is 23.4 Å². The minimum atomic E-state index is -0.0200. The van der Waals surface area contributed by atoms with Crippen molar-refractivity contribution in [2.24, 2.45) is 0 Å². The third-order valence-electron chi connectivity index (χ3n) is 1.96. The minimum absolute atomic E-state index is 0.0200. The highest BCUT2D eigenvalue weighted by molar-refractivity contribution is 5.34. The van der Waals surface area contributed by atoms with Gasteiger partial charge < -0.3 is 4.98 Å². The second-order valence-electron chi connectivity index (χ2n) is 2.94. The van der Waals surface area contributed by atoms with Crippen LogP contribution in [-0.2, 0) is 0 Å². The predicted octanol–water partition coefficient (Wildman–Crippen LogP) is -0.567. The van der Waals surface area contributed by atoms with Gasteiger partial charge in [0.2, 0.25) is 0 Å². The molecular weight excluding hydrogens is 152 g/mol. The summed E-state index contributed by atoms with van der Waals surface area (Å²) < 4.78 is 0. The maximum Gasteiger partial charge on any atom is 0.258 e. The van der Waals surface area contributed by atoms with E-state index < -0.39 is 0 Å². The first-order valence-electron chi connectivity index (χ1n) is 4.05. The number of H-pyrrole nitrogens is 1. The molecule has 0 spiro atoms. The molecule has 3 nitrogen and oxygen atoms in total. The van der Waals surface area contributed by atoms with Crippen molar-refractivity contribution in [1.82, 2.24) is 9.97 Å². The Morgan fingerprint density at radius 2 is 2.17 bits per heavy atom. The van der Waals surface area contributed by atoms with Gasteiger partial charge in [0, 0.05) is 0 Å². The lowest BCUT2D eigenvalue weighted by Gasteiger charge is -1.98. The summed E-state index contributed by atoms with van der Waals surface area (Å²) in [6, 6.07) is 0. The zero-order valence-electron chi connectivity index (χ0n) is 6.92. The van der Waals surface area contributed by atoms with Crippen molar-refractivity contribution in [3.05, 3.63) is 26.7 Å². The van der Waals surface area contributed by atoms with Crippen LogP contribution in [0.5, 0.6) is 0 Å². The minimum Gasteiger partial charge on any atom is -0.310 e. The van der Waals surface area contributed by atoms with Gasteiger partial charge in [-0.3, -0.25) is 4.79 Å². The summed E-state index contributed by atoms with van der Waals surface area (Å²) in [5.41, 5.74) is -0.0200. The molecule has 0 fully saturated rings. The molecule has 0 aromatic carbocycles. The number of aromatic amines is 1. The Labute approximate surface area is 69.5 Å². The highest BCUT2D eigenvalue weighted by atomic mass is 16.1. The van der Waals surface area contributed by atoms with E-state index in [-0.39, 0.29) is 5.56 Å². The van der Waals surface area contributed by atoms with Gasteiger partial charge in [-0.25, -0.2) is 4.98 Å². The molecule has 0 aliphatic heterocycles. The zero-order valence-corrected chi connectivity index (χ0v) is 6.92. The second kappa shape index (κ2) is 2.59. The number of rotatable bonds is 0. The first-order valence-corrected chi connectivity index (χ1v) is 4.05. The van der Waals surface area contributed by atoms with E-state index in [1.54, 1.807) is 6.92 Å². The number of hydrogen-bond donors (Lipinski definition) is 1. The van der Waals surface area contributed by atoms with E-state index in [2.05, 4.69) is 9.97 Å². The molecule has 1 aliphatic rings.